The third kappa shape index (κ3) is 4.35. The first kappa shape index (κ1) is 10.9. The van der Waals surface area contributed by atoms with Gasteiger partial charge in [-0.3, -0.25) is 0 Å². The zero-order chi connectivity index (χ0) is 8.85. The summed E-state index contributed by atoms with van der Waals surface area (Å²) in [4.78, 5) is 0.688. The second kappa shape index (κ2) is 5.53. The number of thiocarbonyl (C=S) groups is 1. The largest absolute Gasteiger partial charge is 0.393 e. The summed E-state index contributed by atoms with van der Waals surface area (Å²) >= 11 is 4.96. The average Bonchev–Trinajstić information content (AvgIpc) is 1.99. The Bertz CT molecular complexity index is 123. The molecule has 0 aromatic rings. The third-order valence-corrected chi connectivity index (χ3v) is 2.61. The van der Waals surface area contributed by atoms with Crippen LogP contribution in [-0.4, -0.2) is 4.99 Å². The van der Waals surface area contributed by atoms with Crippen molar-refractivity contribution in [2.45, 2.75) is 40.0 Å². The van der Waals surface area contributed by atoms with Crippen LogP contribution in [0.3, 0.4) is 0 Å². The van der Waals surface area contributed by atoms with Gasteiger partial charge in [-0.25, -0.2) is 0 Å². The van der Waals surface area contributed by atoms with Gasteiger partial charge in [0.25, 0.3) is 0 Å². The van der Waals surface area contributed by atoms with E-state index in [1.807, 2.05) is 0 Å². The molecule has 0 saturated carbocycles. The predicted molar refractivity (Wildman–Crippen MR) is 54.6 cm³/mol. The molecule has 0 aromatic carbocycles. The molecule has 0 aliphatic carbocycles. The minimum Gasteiger partial charge on any atom is -0.393 e. The van der Waals surface area contributed by atoms with Crippen molar-refractivity contribution in [3.63, 3.8) is 0 Å². The highest BCUT2D eigenvalue weighted by Crippen LogP contribution is 2.17. The van der Waals surface area contributed by atoms with Gasteiger partial charge >= 0.3 is 0 Å². The third-order valence-electron chi connectivity index (χ3n) is 2.28. The van der Waals surface area contributed by atoms with Gasteiger partial charge in [0.15, 0.2) is 0 Å². The van der Waals surface area contributed by atoms with Crippen molar-refractivity contribution < 1.29 is 0 Å². The molecule has 2 unspecified atom stereocenters. The van der Waals surface area contributed by atoms with Crippen molar-refractivity contribution in [2.75, 3.05) is 0 Å². The van der Waals surface area contributed by atoms with Gasteiger partial charge < -0.3 is 5.73 Å². The lowest BCUT2D eigenvalue weighted by atomic mass is 9.92. The van der Waals surface area contributed by atoms with Crippen LogP contribution in [0.4, 0.5) is 0 Å². The molecule has 2 N–H and O–H groups in total. The molecule has 0 radical (unpaired) electrons. The van der Waals surface area contributed by atoms with Crippen LogP contribution in [0.2, 0.25) is 0 Å². The zero-order valence-corrected chi connectivity index (χ0v) is 8.58. The molecule has 11 heavy (non-hydrogen) atoms. The molecule has 0 saturated heterocycles. The molecule has 0 bridgehead atoms. The van der Waals surface area contributed by atoms with E-state index >= 15 is 0 Å². The molecule has 2 heteroatoms. The Hall–Kier alpha value is -0.110. The maximum atomic E-state index is 5.58. The molecule has 0 heterocycles. The second-order valence-electron chi connectivity index (χ2n) is 3.26. The minimum absolute atomic E-state index is 0.458. The van der Waals surface area contributed by atoms with E-state index in [1.54, 1.807) is 0 Å². The van der Waals surface area contributed by atoms with E-state index in [2.05, 4.69) is 20.8 Å². The highest BCUT2D eigenvalue weighted by atomic mass is 32.1. The van der Waals surface area contributed by atoms with E-state index in [-0.39, 0.29) is 0 Å². The normalized spacial score (nSPS) is 15.9. The molecule has 1 nitrogen and oxygen atoms in total. The molecule has 0 fully saturated rings. The molecule has 0 aliphatic heterocycles. The monoisotopic (exact) mass is 173 g/mol. The lowest BCUT2D eigenvalue weighted by Crippen LogP contribution is -2.22. The summed E-state index contributed by atoms with van der Waals surface area (Å²) in [6.45, 7) is 6.60. The summed E-state index contributed by atoms with van der Waals surface area (Å²) in [7, 11) is 0. The second-order valence-corrected chi connectivity index (χ2v) is 3.73. The standard InChI is InChI=1S/C9H19NS/c1-4-7(3)6-8(5-2)9(10)11/h7-8H,4-6H2,1-3H3,(H2,10,11). The topological polar surface area (TPSA) is 26.0 Å². The van der Waals surface area contributed by atoms with E-state index in [1.165, 1.54) is 6.42 Å². The van der Waals surface area contributed by atoms with Crippen LogP contribution < -0.4 is 5.73 Å². The molecule has 0 spiro atoms. The Kier molecular flexibility index (Phi) is 5.47. The fourth-order valence-electron chi connectivity index (χ4n) is 1.14. The molecule has 66 valence electrons. The van der Waals surface area contributed by atoms with Crippen molar-refractivity contribution in [1.29, 1.82) is 0 Å². The van der Waals surface area contributed by atoms with Crippen LogP contribution in [0.1, 0.15) is 40.0 Å². The quantitative estimate of drug-likeness (QED) is 0.647. The van der Waals surface area contributed by atoms with Gasteiger partial charge in [-0.1, -0.05) is 39.4 Å². The molecule has 0 aromatic heterocycles. The summed E-state index contributed by atoms with van der Waals surface area (Å²) in [6, 6.07) is 0. The lowest BCUT2D eigenvalue weighted by Gasteiger charge is -2.16. The fourth-order valence-corrected chi connectivity index (χ4v) is 1.40. The van der Waals surface area contributed by atoms with Gasteiger partial charge in [0, 0.05) is 5.92 Å². The summed E-state index contributed by atoms with van der Waals surface area (Å²) in [5, 5.41) is 0. The summed E-state index contributed by atoms with van der Waals surface area (Å²) in [5.74, 6) is 1.21. The van der Waals surface area contributed by atoms with Crippen molar-refractivity contribution in [3.8, 4) is 0 Å². The lowest BCUT2D eigenvalue weighted by molar-refractivity contribution is 0.444. The van der Waals surface area contributed by atoms with Crippen molar-refractivity contribution in [2.24, 2.45) is 17.6 Å². The Labute approximate surface area is 75.4 Å². The first-order valence-electron chi connectivity index (χ1n) is 4.41. The molecular weight excluding hydrogens is 154 g/mol. The summed E-state index contributed by atoms with van der Waals surface area (Å²) in [6.07, 6.45) is 3.46. The highest BCUT2D eigenvalue weighted by Gasteiger charge is 2.12. The van der Waals surface area contributed by atoms with Gasteiger partial charge in [0.1, 0.15) is 0 Å². The van der Waals surface area contributed by atoms with E-state index in [4.69, 9.17) is 18.0 Å². The molecule has 2 atom stereocenters. The van der Waals surface area contributed by atoms with E-state index < -0.39 is 0 Å². The number of nitrogens with two attached hydrogens (primary N) is 1. The molecule has 0 amide bonds. The molecule has 0 rings (SSSR count). The van der Waals surface area contributed by atoms with Crippen molar-refractivity contribution in [3.05, 3.63) is 0 Å². The van der Waals surface area contributed by atoms with Crippen LogP contribution in [0.15, 0.2) is 0 Å². The van der Waals surface area contributed by atoms with Gasteiger partial charge in [0.05, 0.1) is 4.99 Å². The maximum absolute atomic E-state index is 5.58. The number of hydrogen-bond donors (Lipinski definition) is 1. The zero-order valence-electron chi connectivity index (χ0n) is 7.76. The van der Waals surface area contributed by atoms with E-state index in [0.29, 0.717) is 10.9 Å². The van der Waals surface area contributed by atoms with Crippen molar-refractivity contribution >= 4 is 17.2 Å². The van der Waals surface area contributed by atoms with E-state index in [0.717, 1.165) is 18.8 Å². The first-order valence-corrected chi connectivity index (χ1v) is 4.81. The minimum atomic E-state index is 0.458. The number of hydrogen-bond acceptors (Lipinski definition) is 1. The molecule has 0 aliphatic rings. The van der Waals surface area contributed by atoms with E-state index in [9.17, 15) is 0 Å². The van der Waals surface area contributed by atoms with Gasteiger partial charge in [-0.15, -0.1) is 0 Å². The Balaban J connectivity index is 3.77. The van der Waals surface area contributed by atoms with Crippen LogP contribution in [0.25, 0.3) is 0 Å². The SMILES string of the molecule is CCC(C)CC(CC)C(N)=S. The Morgan fingerprint density at radius 3 is 2.18 bits per heavy atom. The van der Waals surface area contributed by atoms with Gasteiger partial charge in [-0.05, 0) is 18.8 Å². The maximum Gasteiger partial charge on any atom is 0.0758 e. The van der Waals surface area contributed by atoms with Crippen molar-refractivity contribution in [1.82, 2.24) is 0 Å². The van der Waals surface area contributed by atoms with Gasteiger partial charge in [-0.2, -0.15) is 0 Å². The predicted octanol–water partition coefficient (Wildman–Crippen LogP) is 2.73. The van der Waals surface area contributed by atoms with Gasteiger partial charge in [0.2, 0.25) is 0 Å². The molecular formula is C9H19NS. The van der Waals surface area contributed by atoms with Crippen LogP contribution in [-0.2, 0) is 0 Å². The highest BCUT2D eigenvalue weighted by molar-refractivity contribution is 7.80. The average molecular weight is 173 g/mol. The Morgan fingerprint density at radius 1 is 1.36 bits per heavy atom. The summed E-state index contributed by atoms with van der Waals surface area (Å²) in [5.41, 5.74) is 5.58. The Morgan fingerprint density at radius 2 is 1.91 bits per heavy atom. The summed E-state index contributed by atoms with van der Waals surface area (Å²) < 4.78 is 0. The fraction of sp³-hybridized carbons (Fsp3) is 0.889. The smallest absolute Gasteiger partial charge is 0.0758 e. The first-order chi connectivity index (χ1) is 5.11. The number of rotatable bonds is 5. The van der Waals surface area contributed by atoms with Crippen LogP contribution >= 0.6 is 12.2 Å². The van der Waals surface area contributed by atoms with Crippen LogP contribution in [0.5, 0.6) is 0 Å². The van der Waals surface area contributed by atoms with Crippen LogP contribution in [0, 0.1) is 11.8 Å².